The van der Waals surface area contributed by atoms with Crippen LogP contribution < -0.4 is 11.1 Å². The summed E-state index contributed by atoms with van der Waals surface area (Å²) >= 11 is 0. The molecule has 0 aliphatic heterocycles. The first-order valence-electron chi connectivity index (χ1n) is 6.88. The Balaban J connectivity index is 1.55. The molecule has 2 aliphatic rings. The van der Waals surface area contributed by atoms with Gasteiger partial charge in [-0.05, 0) is 67.7 Å². The topological polar surface area (TPSA) is 55.1 Å². The van der Waals surface area contributed by atoms with E-state index in [4.69, 9.17) is 5.73 Å². The Morgan fingerprint density at radius 2 is 1.72 bits per heavy atom. The van der Waals surface area contributed by atoms with Gasteiger partial charge in [0.2, 0.25) is 0 Å². The van der Waals surface area contributed by atoms with Gasteiger partial charge in [-0.25, -0.2) is 0 Å². The highest BCUT2D eigenvalue weighted by Crippen LogP contribution is 2.48. The minimum absolute atomic E-state index is 0.0290. The predicted octanol–water partition coefficient (Wildman–Crippen LogP) is 2.43. The van der Waals surface area contributed by atoms with E-state index in [0.29, 0.717) is 11.3 Å². The number of hydrogen-bond acceptors (Lipinski definition) is 2. The quantitative estimate of drug-likeness (QED) is 0.782. The van der Waals surface area contributed by atoms with Crippen LogP contribution in [0.5, 0.6) is 0 Å². The summed E-state index contributed by atoms with van der Waals surface area (Å²) in [6.45, 7) is 0.846. The molecule has 3 rings (SSSR count). The van der Waals surface area contributed by atoms with Gasteiger partial charge in [0.05, 0.1) is 0 Å². The van der Waals surface area contributed by atoms with Crippen LogP contribution in [0.4, 0.5) is 5.69 Å². The molecule has 3 nitrogen and oxygen atoms in total. The van der Waals surface area contributed by atoms with Crippen LogP contribution in [0.3, 0.4) is 0 Å². The highest BCUT2D eigenvalue weighted by atomic mass is 16.1. The maximum Gasteiger partial charge on any atom is 0.251 e. The van der Waals surface area contributed by atoms with Gasteiger partial charge >= 0.3 is 0 Å². The van der Waals surface area contributed by atoms with Crippen LogP contribution in [0.25, 0.3) is 0 Å². The second-order valence-electron chi connectivity index (χ2n) is 5.67. The number of nitrogens with one attached hydrogen (secondary N) is 1. The van der Waals surface area contributed by atoms with Gasteiger partial charge in [0.1, 0.15) is 0 Å². The Bertz CT molecular complexity index is 420. The van der Waals surface area contributed by atoms with Crippen LogP contribution in [0, 0.1) is 17.8 Å². The smallest absolute Gasteiger partial charge is 0.251 e. The fraction of sp³-hybridized carbons (Fsp3) is 0.533. The van der Waals surface area contributed by atoms with Crippen molar-refractivity contribution in [3.8, 4) is 0 Å². The third-order valence-corrected chi connectivity index (χ3v) is 4.13. The normalized spacial score (nSPS) is 18.9. The first-order chi connectivity index (χ1) is 8.74. The molecule has 0 aromatic heterocycles. The summed E-state index contributed by atoms with van der Waals surface area (Å²) in [6.07, 6.45) is 5.44. The molecule has 1 aromatic carbocycles. The van der Waals surface area contributed by atoms with E-state index in [2.05, 4.69) is 5.32 Å². The molecule has 0 radical (unpaired) electrons. The number of carbonyl (C=O) groups excluding carboxylic acids is 1. The molecule has 0 spiro atoms. The number of hydrogen-bond donors (Lipinski definition) is 2. The summed E-state index contributed by atoms with van der Waals surface area (Å²) < 4.78 is 0. The molecule has 3 heteroatoms. The van der Waals surface area contributed by atoms with Crippen molar-refractivity contribution < 1.29 is 4.79 Å². The molecular formula is C15H20N2O. The minimum Gasteiger partial charge on any atom is -0.399 e. The van der Waals surface area contributed by atoms with Gasteiger partial charge < -0.3 is 11.1 Å². The first kappa shape index (κ1) is 11.6. The largest absolute Gasteiger partial charge is 0.399 e. The van der Waals surface area contributed by atoms with E-state index in [9.17, 15) is 4.79 Å². The van der Waals surface area contributed by atoms with Crippen molar-refractivity contribution in [3.05, 3.63) is 29.8 Å². The van der Waals surface area contributed by atoms with Gasteiger partial charge in [-0.15, -0.1) is 0 Å². The maximum absolute atomic E-state index is 12.0. The van der Waals surface area contributed by atoms with Crippen LogP contribution >= 0.6 is 0 Å². The average molecular weight is 244 g/mol. The third-order valence-electron chi connectivity index (χ3n) is 4.13. The lowest BCUT2D eigenvalue weighted by molar-refractivity contribution is 0.0943. The number of nitrogen functional groups attached to an aromatic ring is 1. The first-order valence-corrected chi connectivity index (χ1v) is 6.88. The molecule has 0 heterocycles. The highest BCUT2D eigenvalue weighted by Gasteiger charge is 2.41. The molecule has 1 amide bonds. The zero-order valence-corrected chi connectivity index (χ0v) is 10.6. The summed E-state index contributed by atoms with van der Waals surface area (Å²) in [6, 6.07) is 7.12. The Kier molecular flexibility index (Phi) is 2.98. The van der Waals surface area contributed by atoms with Gasteiger partial charge in [0.15, 0.2) is 0 Å². The molecule has 0 unspecified atom stereocenters. The zero-order valence-electron chi connectivity index (χ0n) is 10.6. The third kappa shape index (κ3) is 2.66. The van der Waals surface area contributed by atoms with E-state index in [0.717, 1.165) is 24.3 Å². The van der Waals surface area contributed by atoms with E-state index in [1.165, 1.54) is 25.7 Å². The summed E-state index contributed by atoms with van der Waals surface area (Å²) in [7, 11) is 0. The summed E-state index contributed by atoms with van der Waals surface area (Å²) in [5.74, 6) is 2.51. The van der Waals surface area contributed by atoms with Crippen LogP contribution in [-0.2, 0) is 0 Å². The van der Waals surface area contributed by atoms with Crippen molar-refractivity contribution in [1.29, 1.82) is 0 Å². The van der Waals surface area contributed by atoms with E-state index >= 15 is 0 Å². The van der Waals surface area contributed by atoms with Gasteiger partial charge in [0.25, 0.3) is 5.91 Å². The molecule has 96 valence electrons. The molecule has 2 fully saturated rings. The standard InChI is InChI=1S/C15H20N2O/c16-13-7-5-12(6-8-13)15(18)17-9-14(10-1-2-10)11-3-4-11/h5-8,10-11,14H,1-4,9,16H2,(H,17,18). The molecule has 0 atom stereocenters. The second kappa shape index (κ2) is 4.63. The summed E-state index contributed by atoms with van der Waals surface area (Å²) in [4.78, 5) is 12.0. The fourth-order valence-corrected chi connectivity index (χ4v) is 2.71. The number of carbonyl (C=O) groups is 1. The molecule has 2 saturated carbocycles. The predicted molar refractivity (Wildman–Crippen MR) is 72.1 cm³/mol. The monoisotopic (exact) mass is 244 g/mol. The average Bonchev–Trinajstić information content (AvgIpc) is 3.24. The van der Waals surface area contributed by atoms with Crippen molar-refractivity contribution in [2.24, 2.45) is 17.8 Å². The molecule has 3 N–H and O–H groups in total. The van der Waals surface area contributed by atoms with Crippen molar-refractivity contribution in [2.75, 3.05) is 12.3 Å². The Labute approximate surface area is 108 Å². The molecule has 2 aliphatic carbocycles. The van der Waals surface area contributed by atoms with Crippen LogP contribution in [0.2, 0.25) is 0 Å². The number of benzene rings is 1. The van der Waals surface area contributed by atoms with E-state index in [-0.39, 0.29) is 5.91 Å². The molecule has 18 heavy (non-hydrogen) atoms. The number of rotatable bonds is 5. The van der Waals surface area contributed by atoms with Crippen LogP contribution in [0.15, 0.2) is 24.3 Å². The summed E-state index contributed by atoms with van der Waals surface area (Å²) in [5.41, 5.74) is 7.01. The molecule has 1 aromatic rings. The Morgan fingerprint density at radius 1 is 1.17 bits per heavy atom. The van der Waals surface area contributed by atoms with Gasteiger partial charge in [-0.1, -0.05) is 0 Å². The van der Waals surface area contributed by atoms with Crippen LogP contribution in [-0.4, -0.2) is 12.5 Å². The van der Waals surface area contributed by atoms with Gasteiger partial charge in [-0.2, -0.15) is 0 Å². The van der Waals surface area contributed by atoms with Crippen molar-refractivity contribution in [3.63, 3.8) is 0 Å². The van der Waals surface area contributed by atoms with Gasteiger partial charge in [-0.3, -0.25) is 4.79 Å². The highest BCUT2D eigenvalue weighted by molar-refractivity contribution is 5.94. The Morgan fingerprint density at radius 3 is 2.22 bits per heavy atom. The van der Waals surface area contributed by atoms with E-state index in [1.54, 1.807) is 24.3 Å². The maximum atomic E-state index is 12.0. The molecular weight excluding hydrogens is 224 g/mol. The SMILES string of the molecule is Nc1ccc(C(=O)NCC(C2CC2)C2CC2)cc1. The van der Waals surface area contributed by atoms with E-state index in [1.807, 2.05) is 0 Å². The van der Waals surface area contributed by atoms with Crippen LogP contribution in [0.1, 0.15) is 36.0 Å². The lowest BCUT2D eigenvalue weighted by Gasteiger charge is -2.16. The molecule has 0 bridgehead atoms. The van der Waals surface area contributed by atoms with E-state index < -0.39 is 0 Å². The summed E-state index contributed by atoms with van der Waals surface area (Å²) in [5, 5.41) is 3.08. The number of nitrogens with two attached hydrogens (primary N) is 1. The Hall–Kier alpha value is -1.51. The fourth-order valence-electron chi connectivity index (χ4n) is 2.71. The van der Waals surface area contributed by atoms with Crippen molar-refractivity contribution in [2.45, 2.75) is 25.7 Å². The number of anilines is 1. The molecule has 0 saturated heterocycles. The lowest BCUT2D eigenvalue weighted by atomic mass is 9.98. The zero-order chi connectivity index (χ0) is 12.5. The van der Waals surface area contributed by atoms with Crippen molar-refractivity contribution in [1.82, 2.24) is 5.32 Å². The van der Waals surface area contributed by atoms with Gasteiger partial charge in [0, 0.05) is 17.8 Å². The number of amides is 1. The lowest BCUT2D eigenvalue weighted by Crippen LogP contribution is -2.31. The minimum atomic E-state index is 0.0290. The van der Waals surface area contributed by atoms with Crippen molar-refractivity contribution >= 4 is 11.6 Å². The second-order valence-corrected chi connectivity index (χ2v) is 5.67.